The minimum absolute atomic E-state index is 0.0266. The van der Waals surface area contributed by atoms with Crippen molar-refractivity contribution in [2.75, 3.05) is 13.7 Å². The molecule has 0 saturated heterocycles. The Morgan fingerprint density at radius 1 is 1.39 bits per heavy atom. The minimum atomic E-state index is -3.94. The molecule has 7 nitrogen and oxygen atoms in total. The molecule has 0 unspecified atom stereocenters. The first-order valence-electron chi connectivity index (χ1n) is 7.19. The monoisotopic (exact) mass is 344 g/mol. The van der Waals surface area contributed by atoms with Crippen LogP contribution in [0.3, 0.4) is 0 Å². The Kier molecular flexibility index (Phi) is 6.15. The van der Waals surface area contributed by atoms with E-state index in [1.54, 1.807) is 45.3 Å². The molecule has 8 heteroatoms. The van der Waals surface area contributed by atoms with Crippen molar-refractivity contribution in [3.63, 3.8) is 0 Å². The summed E-state index contributed by atoms with van der Waals surface area (Å²) in [5, 5.41) is 8.99. The number of methoxy groups -OCH3 is 1. The van der Waals surface area contributed by atoms with E-state index in [2.05, 4.69) is 0 Å². The van der Waals surface area contributed by atoms with Crippen molar-refractivity contribution in [1.29, 1.82) is 0 Å². The fourth-order valence-corrected chi connectivity index (χ4v) is 4.22. The van der Waals surface area contributed by atoms with Crippen molar-refractivity contribution < 1.29 is 23.2 Å². The topological polar surface area (TPSA) is 95.9 Å². The molecule has 0 heterocycles. The lowest BCUT2D eigenvalue weighted by molar-refractivity contribution is -0.136. The summed E-state index contributed by atoms with van der Waals surface area (Å²) < 4.78 is 32.0. The number of sulfonamides is 1. The third-order valence-corrected chi connectivity index (χ3v) is 5.36. The van der Waals surface area contributed by atoms with Crippen LogP contribution in [-0.4, -0.2) is 43.5 Å². The summed E-state index contributed by atoms with van der Waals surface area (Å²) >= 11 is 0. The van der Waals surface area contributed by atoms with Crippen LogP contribution in [0.4, 0.5) is 0 Å². The molecule has 0 bridgehead atoms. The first kappa shape index (κ1) is 19.4. The van der Waals surface area contributed by atoms with Gasteiger partial charge in [-0.2, -0.15) is 4.31 Å². The molecule has 1 aromatic carbocycles. The molecule has 0 saturated carbocycles. The number of hydrogen-bond acceptors (Lipinski definition) is 5. The van der Waals surface area contributed by atoms with Crippen LogP contribution < -0.4 is 10.2 Å². The molecule has 0 aliphatic carbocycles. The van der Waals surface area contributed by atoms with E-state index in [9.17, 15) is 13.2 Å². The second-order valence-electron chi connectivity index (χ2n) is 6.13. The molecule has 1 rings (SSSR count). The van der Waals surface area contributed by atoms with Gasteiger partial charge in [-0.3, -0.25) is 10.0 Å². The molecule has 0 radical (unpaired) electrons. The normalized spacial score (nSPS) is 13.7. The highest BCUT2D eigenvalue weighted by Gasteiger charge is 2.42. The number of hydroxylamine groups is 1. The highest BCUT2D eigenvalue weighted by atomic mass is 32.2. The lowest BCUT2D eigenvalue weighted by atomic mass is 9.86. The van der Waals surface area contributed by atoms with Gasteiger partial charge in [0.2, 0.25) is 10.0 Å². The smallest absolute Gasteiger partial charge is 0.262 e. The van der Waals surface area contributed by atoms with Gasteiger partial charge in [-0.1, -0.05) is 33.8 Å². The van der Waals surface area contributed by atoms with Crippen molar-refractivity contribution in [2.45, 2.75) is 38.6 Å². The summed E-state index contributed by atoms with van der Waals surface area (Å²) in [5.74, 6) is -0.369. The molecule has 1 atom stereocenters. The Morgan fingerprint density at radius 3 is 2.43 bits per heavy atom. The predicted molar refractivity (Wildman–Crippen MR) is 85.7 cm³/mol. The molecule has 0 spiro atoms. The van der Waals surface area contributed by atoms with E-state index in [-0.39, 0.29) is 11.4 Å². The first-order chi connectivity index (χ1) is 10.6. The molecule has 0 fully saturated rings. The Bertz CT molecular complexity index is 652. The van der Waals surface area contributed by atoms with E-state index >= 15 is 0 Å². The van der Waals surface area contributed by atoms with E-state index in [4.69, 9.17) is 9.94 Å². The zero-order valence-corrected chi connectivity index (χ0v) is 14.8. The maximum Gasteiger partial charge on any atom is 0.262 e. The molecule has 1 aromatic rings. The van der Waals surface area contributed by atoms with Gasteiger partial charge in [0.05, 0.1) is 12.0 Å². The van der Waals surface area contributed by atoms with E-state index in [0.717, 1.165) is 4.31 Å². The molecular weight excluding hydrogens is 320 g/mol. The first-order valence-corrected chi connectivity index (χ1v) is 8.63. The van der Waals surface area contributed by atoms with Crippen molar-refractivity contribution in [2.24, 2.45) is 5.41 Å². The molecule has 1 amide bonds. The SMILES string of the molecule is CCN([C@@H](C(=O)NO)C(C)(C)C)S(=O)(=O)c1cccc(OC)c1. The van der Waals surface area contributed by atoms with Gasteiger partial charge in [-0.25, -0.2) is 13.9 Å². The van der Waals surface area contributed by atoms with Crippen LogP contribution in [0.1, 0.15) is 27.7 Å². The largest absolute Gasteiger partial charge is 0.497 e. The number of likely N-dealkylation sites (N-methyl/N-ethyl adjacent to an activating group) is 1. The number of benzene rings is 1. The van der Waals surface area contributed by atoms with Gasteiger partial charge in [0, 0.05) is 12.6 Å². The number of carbonyl (C=O) groups is 1. The second kappa shape index (κ2) is 7.29. The number of ether oxygens (including phenoxy) is 1. The van der Waals surface area contributed by atoms with Crippen LogP contribution in [0.25, 0.3) is 0 Å². The maximum absolute atomic E-state index is 12.9. The zero-order valence-electron chi connectivity index (χ0n) is 14.0. The fraction of sp³-hybridized carbons (Fsp3) is 0.533. The standard InChI is InChI=1S/C15H24N2O5S/c1-6-17(13(14(18)16-19)15(2,3)4)23(20,21)12-9-7-8-11(10-12)22-5/h7-10,13,19H,6H2,1-5H3,(H,16,18)/t13-/m0/s1. The van der Waals surface area contributed by atoms with Crippen LogP contribution in [-0.2, 0) is 14.8 Å². The van der Waals surface area contributed by atoms with Gasteiger partial charge < -0.3 is 4.74 Å². The van der Waals surface area contributed by atoms with Crippen molar-refractivity contribution >= 4 is 15.9 Å². The average molecular weight is 344 g/mol. The Morgan fingerprint density at radius 2 is 2.00 bits per heavy atom. The van der Waals surface area contributed by atoms with Crippen LogP contribution in [0.2, 0.25) is 0 Å². The number of hydrogen-bond donors (Lipinski definition) is 2. The number of carbonyl (C=O) groups excluding carboxylic acids is 1. The lowest BCUT2D eigenvalue weighted by Crippen LogP contribution is -2.55. The number of rotatable bonds is 6. The molecule has 0 aromatic heterocycles. The summed E-state index contributed by atoms with van der Waals surface area (Å²) in [6, 6.07) is 4.98. The summed E-state index contributed by atoms with van der Waals surface area (Å²) in [7, 11) is -2.49. The quantitative estimate of drug-likeness (QED) is 0.604. The summed E-state index contributed by atoms with van der Waals surface area (Å²) in [5.41, 5.74) is 0.849. The highest BCUT2D eigenvalue weighted by Crippen LogP contribution is 2.30. The fourth-order valence-electron chi connectivity index (χ4n) is 2.41. The molecule has 2 N–H and O–H groups in total. The van der Waals surface area contributed by atoms with Crippen LogP contribution >= 0.6 is 0 Å². The van der Waals surface area contributed by atoms with Gasteiger partial charge in [-0.15, -0.1) is 0 Å². The summed E-state index contributed by atoms with van der Waals surface area (Å²) in [4.78, 5) is 12.1. The van der Waals surface area contributed by atoms with Crippen molar-refractivity contribution in [1.82, 2.24) is 9.79 Å². The number of nitrogens with one attached hydrogen (secondary N) is 1. The van der Waals surface area contributed by atoms with Gasteiger partial charge in [0.15, 0.2) is 0 Å². The third kappa shape index (κ3) is 4.21. The van der Waals surface area contributed by atoms with Gasteiger partial charge in [0.25, 0.3) is 5.91 Å². The molecule has 23 heavy (non-hydrogen) atoms. The van der Waals surface area contributed by atoms with E-state index < -0.39 is 27.4 Å². The number of amides is 1. The molecular formula is C15H24N2O5S. The Balaban J connectivity index is 3.42. The number of nitrogens with zero attached hydrogens (tertiary/aromatic N) is 1. The van der Waals surface area contributed by atoms with Gasteiger partial charge >= 0.3 is 0 Å². The second-order valence-corrected chi connectivity index (χ2v) is 8.02. The van der Waals surface area contributed by atoms with E-state index in [1.165, 1.54) is 19.2 Å². The molecule has 130 valence electrons. The van der Waals surface area contributed by atoms with Gasteiger partial charge in [-0.05, 0) is 17.5 Å². The van der Waals surface area contributed by atoms with Crippen molar-refractivity contribution in [3.05, 3.63) is 24.3 Å². The highest BCUT2D eigenvalue weighted by molar-refractivity contribution is 7.89. The third-order valence-electron chi connectivity index (χ3n) is 3.43. The average Bonchev–Trinajstić information content (AvgIpc) is 2.50. The maximum atomic E-state index is 12.9. The van der Waals surface area contributed by atoms with Crippen LogP contribution in [0.5, 0.6) is 5.75 Å². The molecule has 0 aliphatic heterocycles. The van der Waals surface area contributed by atoms with E-state index in [0.29, 0.717) is 5.75 Å². The molecule has 0 aliphatic rings. The van der Waals surface area contributed by atoms with Crippen LogP contribution in [0, 0.1) is 5.41 Å². The Labute approximate surface area is 137 Å². The van der Waals surface area contributed by atoms with Crippen molar-refractivity contribution in [3.8, 4) is 5.75 Å². The summed E-state index contributed by atoms with van der Waals surface area (Å²) in [6.07, 6.45) is 0. The Hall–Kier alpha value is -1.64. The van der Waals surface area contributed by atoms with Gasteiger partial charge in [0.1, 0.15) is 11.8 Å². The van der Waals surface area contributed by atoms with E-state index in [1.807, 2.05) is 0 Å². The predicted octanol–water partition coefficient (Wildman–Crippen LogP) is 1.63. The minimum Gasteiger partial charge on any atom is -0.497 e. The lowest BCUT2D eigenvalue weighted by Gasteiger charge is -2.37. The zero-order chi connectivity index (χ0) is 17.8. The van der Waals surface area contributed by atoms with Crippen LogP contribution in [0.15, 0.2) is 29.2 Å². The summed E-state index contributed by atoms with van der Waals surface area (Å²) in [6.45, 7) is 6.92.